The van der Waals surface area contributed by atoms with Crippen molar-refractivity contribution in [2.75, 3.05) is 25.1 Å². The van der Waals surface area contributed by atoms with Gasteiger partial charge in [-0.2, -0.15) is 18.2 Å². The summed E-state index contributed by atoms with van der Waals surface area (Å²) in [5, 5.41) is 8.32. The van der Waals surface area contributed by atoms with Crippen molar-refractivity contribution in [1.29, 1.82) is 0 Å². The van der Waals surface area contributed by atoms with Crippen LogP contribution >= 0.6 is 0 Å². The molecule has 2 aromatic carbocycles. The molecule has 0 saturated heterocycles. The zero-order valence-electron chi connectivity index (χ0n) is 15.6. The molecule has 0 saturated carbocycles. The highest BCUT2D eigenvalue weighted by Gasteiger charge is 2.36. The minimum atomic E-state index is -4.93. The van der Waals surface area contributed by atoms with E-state index in [1.54, 1.807) is 0 Å². The number of sulfonamides is 1. The Kier molecular flexibility index (Phi) is 5.43. The first-order chi connectivity index (χ1) is 13.9. The number of anilines is 3. The van der Waals surface area contributed by atoms with Gasteiger partial charge in [-0.15, -0.1) is 5.10 Å². The van der Waals surface area contributed by atoms with Gasteiger partial charge in [0.1, 0.15) is 5.82 Å². The Morgan fingerprint density at radius 2 is 1.87 bits per heavy atom. The van der Waals surface area contributed by atoms with Crippen molar-refractivity contribution in [1.82, 2.24) is 19.5 Å². The first-order valence-corrected chi connectivity index (χ1v) is 9.72. The Balaban J connectivity index is 2.15. The van der Waals surface area contributed by atoms with Crippen molar-refractivity contribution in [3.63, 3.8) is 0 Å². The predicted molar refractivity (Wildman–Crippen MR) is 102 cm³/mol. The Bertz CT molecular complexity index is 1190. The molecule has 0 atom stereocenters. The first-order valence-electron chi connectivity index (χ1n) is 8.28. The minimum absolute atomic E-state index is 0.0770. The third-order valence-corrected chi connectivity index (χ3v) is 5.87. The molecule has 13 heteroatoms. The van der Waals surface area contributed by atoms with Crippen LogP contribution in [0.4, 0.5) is 35.1 Å². The summed E-state index contributed by atoms with van der Waals surface area (Å²) in [5.74, 6) is -1.43. The van der Waals surface area contributed by atoms with Crippen LogP contribution in [-0.4, -0.2) is 42.0 Å². The van der Waals surface area contributed by atoms with Crippen molar-refractivity contribution >= 4 is 27.6 Å². The van der Waals surface area contributed by atoms with E-state index < -0.39 is 33.1 Å². The van der Waals surface area contributed by atoms with E-state index in [1.165, 1.54) is 32.3 Å². The monoisotopic (exact) mass is 444 g/mol. The Labute approximate surface area is 168 Å². The lowest BCUT2D eigenvalue weighted by Crippen LogP contribution is -2.22. The standard InChI is InChI=1S/C17H16F4N6O2S/c1-27(2)30(28,29)11-5-3-4-9(6-11)14-12(17(19,20)21)7-10(8-13(14)18)23-16-24-15(22)25-26-16/h3-8H,1-2H3,(H4,22,23,24,25,26). The largest absolute Gasteiger partial charge is 0.417 e. The van der Waals surface area contributed by atoms with E-state index in [2.05, 4.69) is 20.5 Å². The van der Waals surface area contributed by atoms with Crippen LogP contribution in [0.25, 0.3) is 11.1 Å². The van der Waals surface area contributed by atoms with Crippen LogP contribution in [0.15, 0.2) is 41.3 Å². The second-order valence-corrected chi connectivity index (χ2v) is 8.51. The van der Waals surface area contributed by atoms with Gasteiger partial charge in [0.05, 0.1) is 10.5 Å². The van der Waals surface area contributed by atoms with Crippen LogP contribution in [0.3, 0.4) is 0 Å². The molecule has 8 nitrogen and oxygen atoms in total. The molecule has 4 N–H and O–H groups in total. The summed E-state index contributed by atoms with van der Waals surface area (Å²) < 4.78 is 81.6. The topological polar surface area (TPSA) is 117 Å². The summed E-state index contributed by atoms with van der Waals surface area (Å²) in [4.78, 5) is 3.42. The van der Waals surface area contributed by atoms with Crippen molar-refractivity contribution in [2.24, 2.45) is 0 Å². The maximum absolute atomic E-state index is 14.9. The fourth-order valence-electron chi connectivity index (χ4n) is 2.69. The summed E-state index contributed by atoms with van der Waals surface area (Å²) in [6, 6.07) is 6.17. The van der Waals surface area contributed by atoms with Crippen LogP contribution in [0, 0.1) is 5.82 Å². The maximum atomic E-state index is 14.9. The number of nitrogens with two attached hydrogens (primary N) is 1. The third kappa shape index (κ3) is 4.21. The zero-order valence-corrected chi connectivity index (χ0v) is 16.4. The van der Waals surface area contributed by atoms with Gasteiger partial charge in [-0.25, -0.2) is 22.2 Å². The van der Waals surface area contributed by atoms with Gasteiger partial charge < -0.3 is 11.1 Å². The summed E-state index contributed by atoms with van der Waals surface area (Å²) in [5.41, 5.74) is 2.77. The van der Waals surface area contributed by atoms with E-state index in [-0.39, 0.29) is 28.0 Å². The van der Waals surface area contributed by atoms with Gasteiger partial charge in [-0.05, 0) is 29.8 Å². The van der Waals surface area contributed by atoms with Crippen molar-refractivity contribution < 1.29 is 26.0 Å². The number of hydrogen-bond donors (Lipinski definition) is 3. The molecule has 3 aromatic rings. The number of benzene rings is 2. The average molecular weight is 444 g/mol. The van der Waals surface area contributed by atoms with E-state index >= 15 is 0 Å². The molecule has 0 aliphatic heterocycles. The minimum Gasteiger partial charge on any atom is -0.366 e. The number of nitrogens with zero attached hydrogens (tertiary/aromatic N) is 3. The summed E-state index contributed by atoms with van der Waals surface area (Å²) in [7, 11) is -1.37. The van der Waals surface area contributed by atoms with Crippen molar-refractivity contribution in [2.45, 2.75) is 11.1 Å². The smallest absolute Gasteiger partial charge is 0.366 e. The molecule has 0 amide bonds. The van der Waals surface area contributed by atoms with Gasteiger partial charge in [0.25, 0.3) is 0 Å². The van der Waals surface area contributed by atoms with E-state index in [0.29, 0.717) is 6.07 Å². The lowest BCUT2D eigenvalue weighted by Gasteiger charge is -2.17. The normalized spacial score (nSPS) is 12.4. The summed E-state index contributed by atoms with van der Waals surface area (Å²) in [6.45, 7) is 0. The SMILES string of the molecule is CN(C)S(=O)(=O)c1cccc(-c2c(F)cc(Nc3nc(N)n[nH]3)cc2C(F)(F)F)c1. The number of alkyl halides is 3. The van der Waals surface area contributed by atoms with Crippen LogP contribution in [0.1, 0.15) is 5.56 Å². The molecule has 1 aromatic heterocycles. The number of nitrogens with one attached hydrogen (secondary N) is 2. The molecule has 160 valence electrons. The van der Waals surface area contributed by atoms with Gasteiger partial charge in [-0.3, -0.25) is 0 Å². The number of halogens is 4. The van der Waals surface area contributed by atoms with Gasteiger partial charge in [0.2, 0.25) is 21.9 Å². The molecular weight excluding hydrogens is 428 g/mol. The molecular formula is C17H16F4N6O2S. The number of rotatable bonds is 5. The third-order valence-electron chi connectivity index (χ3n) is 4.06. The van der Waals surface area contributed by atoms with E-state index in [0.717, 1.165) is 16.4 Å². The molecule has 30 heavy (non-hydrogen) atoms. The maximum Gasteiger partial charge on any atom is 0.417 e. The highest BCUT2D eigenvalue weighted by atomic mass is 32.2. The van der Waals surface area contributed by atoms with Crippen molar-refractivity contribution in [3.8, 4) is 11.1 Å². The molecule has 1 heterocycles. The molecule has 3 rings (SSSR count). The fraction of sp³-hybridized carbons (Fsp3) is 0.176. The van der Waals surface area contributed by atoms with Crippen LogP contribution in [-0.2, 0) is 16.2 Å². The predicted octanol–water partition coefficient (Wildman–Crippen LogP) is 3.21. The lowest BCUT2D eigenvalue weighted by molar-refractivity contribution is -0.137. The number of nitrogen functional groups attached to an aromatic ring is 1. The Morgan fingerprint density at radius 1 is 1.17 bits per heavy atom. The van der Waals surface area contributed by atoms with Crippen LogP contribution in [0.2, 0.25) is 0 Å². The molecule has 0 unspecified atom stereocenters. The molecule has 0 aliphatic carbocycles. The zero-order chi connectivity index (χ0) is 22.3. The van der Waals surface area contributed by atoms with Gasteiger partial charge >= 0.3 is 6.18 Å². The average Bonchev–Trinajstić information content (AvgIpc) is 3.05. The number of aromatic amines is 1. The summed E-state index contributed by atoms with van der Waals surface area (Å²) >= 11 is 0. The van der Waals surface area contributed by atoms with Crippen LogP contribution in [0.5, 0.6) is 0 Å². The van der Waals surface area contributed by atoms with Crippen molar-refractivity contribution in [3.05, 3.63) is 47.8 Å². The summed E-state index contributed by atoms with van der Waals surface area (Å²) in [6.07, 6.45) is -4.93. The fourth-order valence-corrected chi connectivity index (χ4v) is 3.63. The number of H-pyrrole nitrogens is 1. The van der Waals surface area contributed by atoms with E-state index in [4.69, 9.17) is 5.73 Å². The van der Waals surface area contributed by atoms with E-state index in [1.807, 2.05) is 0 Å². The molecule has 0 radical (unpaired) electrons. The second kappa shape index (κ2) is 7.57. The van der Waals surface area contributed by atoms with Crippen LogP contribution < -0.4 is 11.1 Å². The Morgan fingerprint density at radius 3 is 2.43 bits per heavy atom. The highest BCUT2D eigenvalue weighted by Crippen LogP contribution is 2.41. The highest BCUT2D eigenvalue weighted by molar-refractivity contribution is 7.89. The second-order valence-electron chi connectivity index (χ2n) is 6.36. The first kappa shape index (κ1) is 21.5. The van der Waals surface area contributed by atoms with E-state index in [9.17, 15) is 26.0 Å². The molecule has 0 fully saturated rings. The van der Waals surface area contributed by atoms with Gasteiger partial charge in [0.15, 0.2) is 0 Å². The van der Waals surface area contributed by atoms with Gasteiger partial charge in [-0.1, -0.05) is 12.1 Å². The number of aromatic nitrogens is 3. The lowest BCUT2D eigenvalue weighted by atomic mass is 9.98. The quantitative estimate of drug-likeness (QED) is 0.521. The number of hydrogen-bond acceptors (Lipinski definition) is 6. The Hall–Kier alpha value is -3.19. The molecule has 0 aliphatic rings. The molecule has 0 spiro atoms. The van der Waals surface area contributed by atoms with Gasteiger partial charge in [0, 0.05) is 25.3 Å². The molecule has 0 bridgehead atoms.